The summed E-state index contributed by atoms with van der Waals surface area (Å²) < 4.78 is 5.43. The molecule has 1 aliphatic carbocycles. The number of aromatic nitrogens is 2. The van der Waals surface area contributed by atoms with Gasteiger partial charge in [0.25, 0.3) is 0 Å². The molecule has 0 saturated heterocycles. The van der Waals surface area contributed by atoms with Crippen molar-refractivity contribution in [2.24, 2.45) is 11.8 Å². The Morgan fingerprint density at radius 3 is 2.61 bits per heavy atom. The van der Waals surface area contributed by atoms with Crippen LogP contribution in [-0.4, -0.2) is 36.1 Å². The van der Waals surface area contributed by atoms with E-state index in [1.807, 2.05) is 0 Å². The van der Waals surface area contributed by atoms with Crippen molar-refractivity contribution in [3.8, 4) is 0 Å². The molecule has 1 atom stereocenters. The Labute approximate surface area is 141 Å². The second-order valence-corrected chi connectivity index (χ2v) is 6.67. The first-order valence-electron chi connectivity index (χ1n) is 8.20. The molecule has 1 fully saturated rings. The zero-order chi connectivity index (χ0) is 16.4. The summed E-state index contributed by atoms with van der Waals surface area (Å²) in [6, 6.07) is 0. The van der Waals surface area contributed by atoms with E-state index < -0.39 is 0 Å². The van der Waals surface area contributed by atoms with E-state index in [0.717, 1.165) is 44.2 Å². The summed E-state index contributed by atoms with van der Waals surface area (Å²) in [5.41, 5.74) is 1.39. The second kappa shape index (κ2) is 7.01. The van der Waals surface area contributed by atoms with Gasteiger partial charge in [-0.25, -0.2) is 4.98 Å². The highest BCUT2D eigenvalue weighted by Gasteiger charge is 2.34. The Balaban J connectivity index is 1.76. The van der Waals surface area contributed by atoms with Gasteiger partial charge >= 0.3 is 0 Å². The molecule has 23 heavy (non-hydrogen) atoms. The fraction of sp³-hybridized carbons (Fsp3) is 0.688. The van der Waals surface area contributed by atoms with Gasteiger partial charge in [0.15, 0.2) is 5.15 Å². The van der Waals surface area contributed by atoms with Crippen molar-refractivity contribution in [2.45, 2.75) is 44.6 Å². The Morgan fingerprint density at radius 2 is 1.96 bits per heavy atom. The lowest BCUT2D eigenvalue weighted by Crippen LogP contribution is -2.32. The van der Waals surface area contributed by atoms with E-state index in [1.165, 1.54) is 0 Å². The van der Waals surface area contributed by atoms with Crippen LogP contribution < -0.4 is 10.6 Å². The predicted molar refractivity (Wildman–Crippen MR) is 89.8 cm³/mol. The Kier molecular flexibility index (Phi) is 5.02. The molecule has 2 heterocycles. The number of aryl methyl sites for hydroxylation is 1. The van der Waals surface area contributed by atoms with Gasteiger partial charge in [-0.05, 0) is 44.4 Å². The SMILES string of the molecule is CNc1nc(Cl)c2c(n1)CCC(C1CCC(OC)CC1)C(=O)N2. The second-order valence-electron chi connectivity index (χ2n) is 6.32. The largest absolute Gasteiger partial charge is 0.381 e. The number of nitrogens with one attached hydrogen (secondary N) is 2. The summed E-state index contributed by atoms with van der Waals surface area (Å²) in [5.74, 6) is 0.955. The number of ether oxygens (including phenoxy) is 1. The van der Waals surface area contributed by atoms with E-state index in [4.69, 9.17) is 16.3 Å². The predicted octanol–water partition coefficient (Wildman–Crippen LogP) is 2.88. The van der Waals surface area contributed by atoms with E-state index in [2.05, 4.69) is 20.6 Å². The molecule has 3 rings (SSSR count). The Hall–Kier alpha value is -1.40. The van der Waals surface area contributed by atoms with Gasteiger partial charge in [-0.1, -0.05) is 11.6 Å². The highest BCUT2D eigenvalue weighted by molar-refractivity contribution is 6.32. The minimum Gasteiger partial charge on any atom is -0.381 e. The van der Waals surface area contributed by atoms with E-state index in [1.54, 1.807) is 14.2 Å². The average molecular weight is 339 g/mol. The van der Waals surface area contributed by atoms with Crippen LogP contribution in [0, 0.1) is 11.8 Å². The van der Waals surface area contributed by atoms with Crippen LogP contribution in [0.25, 0.3) is 0 Å². The maximum atomic E-state index is 12.7. The highest BCUT2D eigenvalue weighted by atomic mass is 35.5. The van der Waals surface area contributed by atoms with Crippen LogP contribution in [0.5, 0.6) is 0 Å². The topological polar surface area (TPSA) is 76.1 Å². The lowest BCUT2D eigenvalue weighted by Gasteiger charge is -2.31. The van der Waals surface area contributed by atoms with E-state index in [9.17, 15) is 4.79 Å². The standard InChI is InChI=1S/C16H23ClN4O2/c1-18-16-19-12-8-7-11(9-3-5-10(23-2)6-4-9)15(22)20-13(12)14(17)21-16/h9-11H,3-8H2,1-2H3,(H,20,22)(H,18,19,21). The summed E-state index contributed by atoms with van der Waals surface area (Å²) in [6.45, 7) is 0. The molecule has 0 aromatic carbocycles. The first-order valence-corrected chi connectivity index (χ1v) is 8.58. The number of hydrogen-bond acceptors (Lipinski definition) is 5. The van der Waals surface area contributed by atoms with Gasteiger partial charge in [0.1, 0.15) is 5.69 Å². The Bertz CT molecular complexity index is 588. The van der Waals surface area contributed by atoms with Gasteiger partial charge in [-0.2, -0.15) is 4.98 Å². The van der Waals surface area contributed by atoms with Gasteiger partial charge < -0.3 is 15.4 Å². The third kappa shape index (κ3) is 3.43. The Morgan fingerprint density at radius 1 is 1.22 bits per heavy atom. The zero-order valence-electron chi connectivity index (χ0n) is 13.6. The van der Waals surface area contributed by atoms with Crippen molar-refractivity contribution >= 4 is 29.1 Å². The number of anilines is 2. The van der Waals surface area contributed by atoms with E-state index >= 15 is 0 Å². The van der Waals surface area contributed by atoms with Crippen molar-refractivity contribution < 1.29 is 9.53 Å². The third-order valence-corrected chi connectivity index (χ3v) is 5.34. The highest BCUT2D eigenvalue weighted by Crippen LogP contribution is 2.37. The molecule has 1 aromatic heterocycles. The molecule has 0 radical (unpaired) electrons. The van der Waals surface area contributed by atoms with Crippen LogP contribution in [0.15, 0.2) is 0 Å². The van der Waals surface area contributed by atoms with Crippen LogP contribution in [0.4, 0.5) is 11.6 Å². The summed E-state index contributed by atoms with van der Waals surface area (Å²) in [6.07, 6.45) is 6.01. The van der Waals surface area contributed by atoms with Gasteiger partial charge in [-0.15, -0.1) is 0 Å². The summed E-state index contributed by atoms with van der Waals surface area (Å²) in [7, 11) is 3.52. The van der Waals surface area contributed by atoms with Crippen molar-refractivity contribution in [2.75, 3.05) is 24.8 Å². The fourth-order valence-corrected chi connectivity index (χ4v) is 3.95. The third-order valence-electron chi connectivity index (χ3n) is 5.06. The van der Waals surface area contributed by atoms with Crippen molar-refractivity contribution in [3.63, 3.8) is 0 Å². The lowest BCUT2D eigenvalue weighted by atomic mass is 9.77. The van der Waals surface area contributed by atoms with Gasteiger partial charge in [0.05, 0.1) is 11.8 Å². The average Bonchev–Trinajstić information content (AvgIpc) is 2.74. The molecule has 6 nitrogen and oxygen atoms in total. The fourth-order valence-electron chi connectivity index (χ4n) is 3.71. The van der Waals surface area contributed by atoms with Crippen molar-refractivity contribution in [1.29, 1.82) is 0 Å². The molecule has 0 spiro atoms. The first-order chi connectivity index (χ1) is 11.1. The summed E-state index contributed by atoms with van der Waals surface area (Å²) in [5, 5.41) is 6.16. The normalized spacial score (nSPS) is 27.8. The van der Waals surface area contributed by atoms with Crippen LogP contribution in [0.1, 0.15) is 37.8 Å². The van der Waals surface area contributed by atoms with Crippen LogP contribution in [-0.2, 0) is 16.0 Å². The number of hydrogen-bond donors (Lipinski definition) is 2. The lowest BCUT2D eigenvalue weighted by molar-refractivity contribution is -0.122. The van der Waals surface area contributed by atoms with E-state index in [0.29, 0.717) is 28.8 Å². The molecular weight excluding hydrogens is 316 g/mol. The van der Waals surface area contributed by atoms with Crippen LogP contribution in [0.2, 0.25) is 5.15 Å². The maximum Gasteiger partial charge on any atom is 0.227 e. The smallest absolute Gasteiger partial charge is 0.227 e. The molecule has 1 amide bonds. The molecule has 1 saturated carbocycles. The minimum absolute atomic E-state index is 0.0103. The van der Waals surface area contributed by atoms with Crippen LogP contribution >= 0.6 is 11.6 Å². The number of halogens is 1. The minimum atomic E-state index is 0.0103. The van der Waals surface area contributed by atoms with Crippen molar-refractivity contribution in [1.82, 2.24) is 9.97 Å². The number of carbonyl (C=O) groups is 1. The molecule has 1 aromatic rings. The van der Waals surface area contributed by atoms with Gasteiger partial charge in [0.2, 0.25) is 11.9 Å². The van der Waals surface area contributed by atoms with Gasteiger partial charge in [0, 0.05) is 20.1 Å². The molecular formula is C16H23ClN4O2. The number of methoxy groups -OCH3 is 1. The maximum absolute atomic E-state index is 12.7. The molecule has 2 aliphatic rings. The molecule has 7 heteroatoms. The molecule has 0 bridgehead atoms. The number of amides is 1. The van der Waals surface area contributed by atoms with Crippen molar-refractivity contribution in [3.05, 3.63) is 10.8 Å². The number of rotatable bonds is 3. The summed E-state index contributed by atoms with van der Waals surface area (Å²) in [4.78, 5) is 21.3. The van der Waals surface area contributed by atoms with Crippen LogP contribution in [0.3, 0.4) is 0 Å². The number of fused-ring (bicyclic) bond motifs is 1. The number of nitrogens with zero attached hydrogens (tertiary/aromatic N) is 2. The number of carbonyl (C=O) groups excluding carboxylic acids is 1. The molecule has 1 aliphatic heterocycles. The molecule has 2 N–H and O–H groups in total. The summed E-state index contributed by atoms with van der Waals surface area (Å²) >= 11 is 6.21. The zero-order valence-corrected chi connectivity index (χ0v) is 14.3. The first kappa shape index (κ1) is 16.5. The quantitative estimate of drug-likeness (QED) is 0.829. The molecule has 126 valence electrons. The molecule has 1 unspecified atom stereocenters. The van der Waals surface area contributed by atoms with E-state index in [-0.39, 0.29) is 11.8 Å². The van der Waals surface area contributed by atoms with Gasteiger partial charge in [-0.3, -0.25) is 4.79 Å². The monoisotopic (exact) mass is 338 g/mol.